The van der Waals surface area contributed by atoms with Crippen molar-refractivity contribution < 1.29 is 27.8 Å². The number of carboxylic acids is 1. The van der Waals surface area contributed by atoms with Crippen LogP contribution >= 0.6 is 11.3 Å². The maximum absolute atomic E-state index is 12.3. The summed E-state index contributed by atoms with van der Waals surface area (Å²) >= 11 is 0.232. The molecule has 0 saturated carbocycles. The van der Waals surface area contributed by atoms with Gasteiger partial charge in [-0.1, -0.05) is 22.5 Å². The zero-order valence-corrected chi connectivity index (χ0v) is 9.83. The quantitative estimate of drug-likeness (QED) is 0.940. The number of carbonyl (C=O) groups is 1. The van der Waals surface area contributed by atoms with Crippen LogP contribution in [0.15, 0.2) is 24.3 Å². The van der Waals surface area contributed by atoms with Crippen molar-refractivity contribution in [1.29, 1.82) is 0 Å². The van der Waals surface area contributed by atoms with Crippen LogP contribution in [0.5, 0.6) is 10.9 Å². The zero-order chi connectivity index (χ0) is 14.0. The minimum atomic E-state index is -4.58. The molecule has 19 heavy (non-hydrogen) atoms. The molecule has 1 aromatic heterocycles. The molecule has 0 saturated heterocycles. The third kappa shape index (κ3) is 3.19. The highest BCUT2D eigenvalue weighted by Crippen LogP contribution is 2.35. The van der Waals surface area contributed by atoms with Gasteiger partial charge in [-0.3, -0.25) is 0 Å². The standard InChI is InChI=1S/C10H5F3N2O3S/c11-10(12,13)8-14-15-9(19-8)18-6-3-1-2-5(4-6)7(16)17/h1-4H,(H,16,17). The number of hydrogen-bond acceptors (Lipinski definition) is 5. The third-order valence-corrected chi connectivity index (χ3v) is 2.78. The predicted molar refractivity (Wildman–Crippen MR) is 58.4 cm³/mol. The Labute approximate surface area is 108 Å². The SMILES string of the molecule is O=C(O)c1cccc(Oc2nnc(C(F)(F)F)s2)c1. The van der Waals surface area contributed by atoms with Gasteiger partial charge in [0.15, 0.2) is 0 Å². The summed E-state index contributed by atoms with van der Waals surface area (Å²) in [7, 11) is 0. The molecule has 0 radical (unpaired) electrons. The van der Waals surface area contributed by atoms with Crippen molar-refractivity contribution in [3.8, 4) is 10.9 Å². The summed E-state index contributed by atoms with van der Waals surface area (Å²) in [6.45, 7) is 0. The molecule has 1 N–H and O–H groups in total. The number of benzene rings is 1. The van der Waals surface area contributed by atoms with E-state index in [4.69, 9.17) is 9.84 Å². The van der Waals surface area contributed by atoms with E-state index in [1.54, 1.807) is 0 Å². The lowest BCUT2D eigenvalue weighted by Gasteiger charge is -2.01. The Morgan fingerprint density at radius 2 is 2.05 bits per heavy atom. The minimum Gasteiger partial charge on any atom is -0.478 e. The molecule has 1 aromatic carbocycles. The molecule has 5 nitrogen and oxygen atoms in total. The number of rotatable bonds is 3. The molecule has 2 rings (SSSR count). The monoisotopic (exact) mass is 290 g/mol. The number of aromatic carboxylic acids is 1. The Balaban J connectivity index is 2.19. The molecule has 0 unspecified atom stereocenters. The number of alkyl halides is 3. The van der Waals surface area contributed by atoms with Gasteiger partial charge in [0.1, 0.15) is 5.75 Å². The normalized spacial score (nSPS) is 11.3. The average molecular weight is 290 g/mol. The van der Waals surface area contributed by atoms with Gasteiger partial charge in [-0.05, 0) is 18.2 Å². The molecule has 2 aromatic rings. The van der Waals surface area contributed by atoms with Crippen molar-refractivity contribution in [3.63, 3.8) is 0 Å². The summed E-state index contributed by atoms with van der Waals surface area (Å²) < 4.78 is 41.9. The van der Waals surface area contributed by atoms with Crippen LogP contribution < -0.4 is 4.74 Å². The van der Waals surface area contributed by atoms with Crippen LogP contribution in [0.25, 0.3) is 0 Å². The molecule has 9 heteroatoms. The van der Waals surface area contributed by atoms with E-state index in [2.05, 4.69) is 10.2 Å². The van der Waals surface area contributed by atoms with E-state index >= 15 is 0 Å². The molecular weight excluding hydrogens is 285 g/mol. The van der Waals surface area contributed by atoms with Crippen LogP contribution in [-0.2, 0) is 6.18 Å². The summed E-state index contributed by atoms with van der Waals surface area (Å²) in [5.41, 5.74) is -0.0435. The molecule has 0 fully saturated rings. The molecule has 0 amide bonds. The van der Waals surface area contributed by atoms with Crippen molar-refractivity contribution in [3.05, 3.63) is 34.8 Å². The van der Waals surface area contributed by atoms with E-state index in [0.717, 1.165) is 0 Å². The second-order valence-electron chi connectivity index (χ2n) is 3.31. The zero-order valence-electron chi connectivity index (χ0n) is 9.01. The second-order valence-corrected chi connectivity index (χ2v) is 4.25. The van der Waals surface area contributed by atoms with Gasteiger partial charge in [0.2, 0.25) is 5.01 Å². The molecule has 0 aliphatic heterocycles. The number of hydrogen-bond donors (Lipinski definition) is 1. The second kappa shape index (κ2) is 4.84. The van der Waals surface area contributed by atoms with Crippen molar-refractivity contribution in [2.45, 2.75) is 6.18 Å². The van der Waals surface area contributed by atoms with Crippen LogP contribution in [0, 0.1) is 0 Å². The van der Waals surface area contributed by atoms with E-state index in [1.807, 2.05) is 0 Å². The van der Waals surface area contributed by atoms with Crippen molar-refractivity contribution >= 4 is 17.3 Å². The van der Waals surface area contributed by atoms with E-state index < -0.39 is 17.2 Å². The number of ether oxygens (including phenoxy) is 1. The highest BCUT2D eigenvalue weighted by atomic mass is 32.1. The predicted octanol–water partition coefficient (Wildman–Crippen LogP) is 3.05. The van der Waals surface area contributed by atoms with Gasteiger partial charge in [0, 0.05) is 0 Å². The van der Waals surface area contributed by atoms with Gasteiger partial charge in [0.25, 0.3) is 5.19 Å². The number of aromatic nitrogens is 2. The maximum atomic E-state index is 12.3. The number of carboxylic acid groups (broad SMARTS) is 1. The maximum Gasteiger partial charge on any atom is 0.445 e. The lowest BCUT2D eigenvalue weighted by molar-refractivity contribution is -0.138. The largest absolute Gasteiger partial charge is 0.478 e. The number of nitrogens with zero attached hydrogens (tertiary/aromatic N) is 2. The third-order valence-electron chi connectivity index (χ3n) is 1.94. The first-order valence-electron chi connectivity index (χ1n) is 4.78. The Bertz CT molecular complexity index is 612. The fourth-order valence-electron chi connectivity index (χ4n) is 1.16. The molecule has 100 valence electrons. The first-order chi connectivity index (χ1) is 8.86. The molecule has 0 bridgehead atoms. The minimum absolute atomic E-state index is 0.0435. The van der Waals surface area contributed by atoms with Crippen molar-refractivity contribution in [2.24, 2.45) is 0 Å². The highest BCUT2D eigenvalue weighted by molar-refractivity contribution is 7.13. The summed E-state index contributed by atoms with van der Waals surface area (Å²) in [5.74, 6) is -1.09. The fraction of sp³-hybridized carbons (Fsp3) is 0.100. The van der Waals surface area contributed by atoms with Gasteiger partial charge in [-0.2, -0.15) is 13.2 Å². The van der Waals surface area contributed by atoms with Crippen LogP contribution in [0.2, 0.25) is 0 Å². The first kappa shape index (κ1) is 13.3. The Hall–Kier alpha value is -2.16. The van der Waals surface area contributed by atoms with Crippen LogP contribution in [0.3, 0.4) is 0 Å². The summed E-state index contributed by atoms with van der Waals surface area (Å²) in [6, 6.07) is 5.32. The molecule has 0 aliphatic rings. The van der Waals surface area contributed by atoms with Gasteiger partial charge < -0.3 is 9.84 Å². The van der Waals surface area contributed by atoms with Crippen LogP contribution in [-0.4, -0.2) is 21.3 Å². The lowest BCUT2D eigenvalue weighted by Crippen LogP contribution is -2.03. The molecule has 1 heterocycles. The van der Waals surface area contributed by atoms with E-state index in [0.29, 0.717) is 0 Å². The summed E-state index contributed by atoms with van der Waals surface area (Å²) in [4.78, 5) is 10.7. The molecule has 0 atom stereocenters. The van der Waals surface area contributed by atoms with Gasteiger partial charge in [-0.25, -0.2) is 4.79 Å². The Morgan fingerprint density at radius 3 is 2.63 bits per heavy atom. The molecule has 0 aliphatic carbocycles. The summed E-state index contributed by atoms with van der Waals surface area (Å²) in [5, 5.41) is 13.5. The van der Waals surface area contributed by atoms with Gasteiger partial charge in [-0.15, -0.1) is 5.10 Å². The van der Waals surface area contributed by atoms with E-state index in [9.17, 15) is 18.0 Å². The van der Waals surface area contributed by atoms with Crippen LogP contribution in [0.4, 0.5) is 13.2 Å². The first-order valence-corrected chi connectivity index (χ1v) is 5.60. The highest BCUT2D eigenvalue weighted by Gasteiger charge is 2.36. The topological polar surface area (TPSA) is 72.3 Å². The fourth-order valence-corrected chi connectivity index (χ4v) is 1.74. The van der Waals surface area contributed by atoms with Crippen molar-refractivity contribution in [1.82, 2.24) is 10.2 Å². The smallest absolute Gasteiger partial charge is 0.445 e. The molecule has 0 spiro atoms. The summed E-state index contributed by atoms with van der Waals surface area (Å²) in [6.07, 6.45) is -4.58. The number of halogens is 3. The van der Waals surface area contributed by atoms with Crippen molar-refractivity contribution in [2.75, 3.05) is 0 Å². The molecular formula is C10H5F3N2O3S. The van der Waals surface area contributed by atoms with E-state index in [1.165, 1.54) is 24.3 Å². The lowest BCUT2D eigenvalue weighted by atomic mass is 10.2. The Morgan fingerprint density at radius 1 is 1.32 bits per heavy atom. The van der Waals surface area contributed by atoms with E-state index in [-0.39, 0.29) is 27.8 Å². The van der Waals surface area contributed by atoms with Gasteiger partial charge in [0.05, 0.1) is 5.56 Å². The van der Waals surface area contributed by atoms with Crippen LogP contribution in [0.1, 0.15) is 15.4 Å². The Kier molecular flexibility index (Phi) is 3.38. The average Bonchev–Trinajstić information content (AvgIpc) is 2.77. The van der Waals surface area contributed by atoms with Gasteiger partial charge >= 0.3 is 12.1 Å².